The summed E-state index contributed by atoms with van der Waals surface area (Å²) < 4.78 is 11.4. The lowest BCUT2D eigenvalue weighted by atomic mass is 9.98. The number of aryl methyl sites for hydroxylation is 1. The lowest BCUT2D eigenvalue weighted by Crippen LogP contribution is -2.33. The van der Waals surface area contributed by atoms with Gasteiger partial charge in [0.15, 0.2) is 11.2 Å². The Balaban J connectivity index is 1.55. The molecule has 0 spiro atoms. The number of rotatable bonds is 2. The molecule has 0 aliphatic carbocycles. The zero-order valence-electron chi connectivity index (χ0n) is 14.9. The number of oxazole rings is 1. The number of fused-ring (bicyclic) bond motifs is 2. The molecule has 0 unspecified atom stereocenters. The Morgan fingerprint density at radius 1 is 1.26 bits per heavy atom. The van der Waals surface area contributed by atoms with Crippen LogP contribution in [0.4, 0.5) is 0 Å². The first kappa shape index (κ1) is 16.1. The van der Waals surface area contributed by atoms with Crippen molar-refractivity contribution in [2.45, 2.75) is 32.1 Å². The molecule has 2 aliphatic heterocycles. The maximum absolute atomic E-state index is 11.4. The second kappa shape index (κ2) is 5.97. The molecule has 2 aliphatic rings. The number of carbonyl (C=O) groups excluding carboxylic acids is 1. The first-order valence-corrected chi connectivity index (χ1v) is 9.13. The summed E-state index contributed by atoms with van der Waals surface area (Å²) >= 11 is 0. The van der Waals surface area contributed by atoms with Gasteiger partial charge in [-0.3, -0.25) is 4.79 Å². The Morgan fingerprint density at radius 3 is 2.96 bits per heavy atom. The van der Waals surface area contributed by atoms with Gasteiger partial charge < -0.3 is 19.6 Å². The summed E-state index contributed by atoms with van der Waals surface area (Å²) in [5.41, 5.74) is 4.21. The van der Waals surface area contributed by atoms with Crippen molar-refractivity contribution in [2.75, 3.05) is 13.2 Å². The maximum atomic E-state index is 11.4. The molecule has 0 radical (unpaired) electrons. The van der Waals surface area contributed by atoms with Crippen molar-refractivity contribution in [3.05, 3.63) is 35.2 Å². The number of phenols is 1. The molecule has 1 atom stereocenters. The molecule has 0 bridgehead atoms. The minimum absolute atomic E-state index is 0.0626. The molecule has 7 nitrogen and oxygen atoms in total. The highest BCUT2D eigenvalue weighted by atomic mass is 16.5. The van der Waals surface area contributed by atoms with Crippen molar-refractivity contribution >= 4 is 17.1 Å². The highest BCUT2D eigenvalue weighted by Gasteiger charge is 2.26. The molecule has 27 heavy (non-hydrogen) atoms. The van der Waals surface area contributed by atoms with E-state index in [9.17, 15) is 9.90 Å². The lowest BCUT2D eigenvalue weighted by molar-refractivity contribution is -0.122. The van der Waals surface area contributed by atoms with E-state index in [0.717, 1.165) is 23.3 Å². The van der Waals surface area contributed by atoms with Crippen molar-refractivity contribution in [2.24, 2.45) is 0 Å². The number of aromatic hydroxyl groups is 1. The number of nitrogens with one attached hydrogen (secondary N) is 1. The van der Waals surface area contributed by atoms with Gasteiger partial charge in [0.2, 0.25) is 11.8 Å². The predicted molar refractivity (Wildman–Crippen MR) is 97.8 cm³/mol. The summed E-state index contributed by atoms with van der Waals surface area (Å²) in [7, 11) is 0. The maximum Gasteiger partial charge on any atom is 0.220 e. The van der Waals surface area contributed by atoms with Crippen molar-refractivity contribution in [1.29, 1.82) is 0 Å². The van der Waals surface area contributed by atoms with Gasteiger partial charge >= 0.3 is 0 Å². The molecule has 1 amide bonds. The van der Waals surface area contributed by atoms with Gasteiger partial charge in [-0.05, 0) is 37.1 Å². The van der Waals surface area contributed by atoms with Gasteiger partial charge in [-0.2, -0.15) is 4.98 Å². The molecule has 0 saturated carbocycles. The van der Waals surface area contributed by atoms with Crippen LogP contribution in [-0.4, -0.2) is 34.1 Å². The standard InChI is InChI=1S/C20H19N3O4/c1-10-8-15-12(6-7-26-15)18(25)17(10)13-3-4-14-19(22-13)23-20(27-14)11-2-5-16(24)21-9-11/h3-4,8,11,25H,2,5-7,9H2,1H3,(H,21,24)/t11-/m1/s1. The van der Waals surface area contributed by atoms with Gasteiger partial charge in [-0.15, -0.1) is 0 Å². The quantitative estimate of drug-likeness (QED) is 0.725. The van der Waals surface area contributed by atoms with Crippen molar-refractivity contribution in [1.82, 2.24) is 15.3 Å². The van der Waals surface area contributed by atoms with Gasteiger partial charge in [0.25, 0.3) is 0 Å². The van der Waals surface area contributed by atoms with E-state index in [4.69, 9.17) is 9.15 Å². The Bertz CT molecular complexity index is 1060. The number of ether oxygens (including phenoxy) is 1. The topological polar surface area (TPSA) is 97.5 Å². The van der Waals surface area contributed by atoms with Gasteiger partial charge in [-0.1, -0.05) is 0 Å². The minimum atomic E-state index is 0.0626. The molecular weight excluding hydrogens is 346 g/mol. The number of benzene rings is 1. The van der Waals surface area contributed by atoms with E-state index < -0.39 is 0 Å². The van der Waals surface area contributed by atoms with E-state index in [1.54, 1.807) is 0 Å². The number of phenolic OH excluding ortho intramolecular Hbond substituents is 1. The Labute approximate surface area is 155 Å². The summed E-state index contributed by atoms with van der Waals surface area (Å²) in [5, 5.41) is 13.6. The first-order chi connectivity index (χ1) is 13.1. The summed E-state index contributed by atoms with van der Waals surface area (Å²) in [6, 6.07) is 5.62. The molecule has 5 rings (SSSR count). The van der Waals surface area contributed by atoms with E-state index in [1.807, 2.05) is 25.1 Å². The van der Waals surface area contributed by atoms with Gasteiger partial charge in [0, 0.05) is 30.5 Å². The van der Waals surface area contributed by atoms with Crippen LogP contribution in [0.25, 0.3) is 22.5 Å². The fourth-order valence-corrected chi connectivity index (χ4v) is 3.86. The van der Waals surface area contributed by atoms with Crippen LogP contribution >= 0.6 is 0 Å². The van der Waals surface area contributed by atoms with Crippen LogP contribution in [0.1, 0.15) is 35.8 Å². The predicted octanol–water partition coefficient (Wildman–Crippen LogP) is 2.83. The number of hydrogen-bond acceptors (Lipinski definition) is 6. The van der Waals surface area contributed by atoms with Gasteiger partial charge in [-0.25, -0.2) is 4.98 Å². The second-order valence-corrected chi connectivity index (χ2v) is 7.10. The van der Waals surface area contributed by atoms with Crippen molar-refractivity contribution in [3.63, 3.8) is 0 Å². The Morgan fingerprint density at radius 2 is 2.15 bits per heavy atom. The first-order valence-electron chi connectivity index (χ1n) is 9.13. The van der Waals surface area contributed by atoms with E-state index >= 15 is 0 Å². The van der Waals surface area contributed by atoms with E-state index in [0.29, 0.717) is 54.4 Å². The highest BCUT2D eigenvalue weighted by Crippen LogP contribution is 2.42. The van der Waals surface area contributed by atoms with E-state index in [-0.39, 0.29) is 17.6 Å². The number of carbonyl (C=O) groups is 1. The van der Waals surface area contributed by atoms with Crippen LogP contribution in [0.5, 0.6) is 11.5 Å². The molecule has 7 heteroatoms. The summed E-state index contributed by atoms with van der Waals surface area (Å²) in [6.45, 7) is 3.05. The van der Waals surface area contributed by atoms with Gasteiger partial charge in [0.1, 0.15) is 11.5 Å². The number of pyridine rings is 1. The van der Waals surface area contributed by atoms with Crippen LogP contribution < -0.4 is 10.1 Å². The zero-order valence-corrected chi connectivity index (χ0v) is 14.9. The Hall–Kier alpha value is -3.09. The summed E-state index contributed by atoms with van der Waals surface area (Å²) in [5.74, 6) is 1.70. The average Bonchev–Trinajstić information content (AvgIpc) is 3.28. The molecule has 2 N–H and O–H groups in total. The van der Waals surface area contributed by atoms with Crippen LogP contribution in [0.3, 0.4) is 0 Å². The Kier molecular flexibility index (Phi) is 3.56. The van der Waals surface area contributed by atoms with Crippen molar-refractivity contribution < 1.29 is 19.1 Å². The molecule has 1 saturated heterocycles. The third kappa shape index (κ3) is 2.61. The highest BCUT2D eigenvalue weighted by molar-refractivity contribution is 5.80. The molecule has 3 aromatic rings. The molecule has 1 aromatic carbocycles. The van der Waals surface area contributed by atoms with Crippen molar-refractivity contribution in [3.8, 4) is 22.8 Å². The van der Waals surface area contributed by atoms with E-state index in [2.05, 4.69) is 15.3 Å². The second-order valence-electron chi connectivity index (χ2n) is 7.10. The normalized spacial score (nSPS) is 19.0. The molecule has 138 valence electrons. The third-order valence-corrected chi connectivity index (χ3v) is 5.31. The zero-order chi connectivity index (χ0) is 18.5. The number of piperidine rings is 1. The van der Waals surface area contributed by atoms with Gasteiger partial charge in [0.05, 0.1) is 18.2 Å². The molecular formula is C20H19N3O4. The summed E-state index contributed by atoms with van der Waals surface area (Å²) in [6.07, 6.45) is 1.89. The van der Waals surface area contributed by atoms with Crippen LogP contribution in [0.15, 0.2) is 22.6 Å². The fourth-order valence-electron chi connectivity index (χ4n) is 3.86. The largest absolute Gasteiger partial charge is 0.507 e. The number of amides is 1. The van der Waals surface area contributed by atoms with E-state index in [1.165, 1.54) is 0 Å². The number of hydrogen-bond donors (Lipinski definition) is 2. The molecule has 2 aromatic heterocycles. The lowest BCUT2D eigenvalue weighted by Gasteiger charge is -2.18. The summed E-state index contributed by atoms with van der Waals surface area (Å²) in [4.78, 5) is 20.5. The van der Waals surface area contributed by atoms with Crippen LogP contribution in [-0.2, 0) is 11.2 Å². The molecule has 4 heterocycles. The van der Waals surface area contributed by atoms with Crippen LogP contribution in [0, 0.1) is 6.92 Å². The molecule has 1 fully saturated rings. The van der Waals surface area contributed by atoms with Crippen LogP contribution in [0.2, 0.25) is 0 Å². The monoisotopic (exact) mass is 365 g/mol. The fraction of sp³-hybridized carbons (Fsp3) is 0.350. The SMILES string of the molecule is Cc1cc2c(c(O)c1-c1ccc3oc([C@@H]4CCC(=O)NC4)nc3n1)CCO2. The average molecular weight is 365 g/mol. The smallest absolute Gasteiger partial charge is 0.220 e. The number of nitrogens with zero attached hydrogens (tertiary/aromatic N) is 2. The third-order valence-electron chi connectivity index (χ3n) is 5.31. The number of aromatic nitrogens is 2. The minimum Gasteiger partial charge on any atom is -0.507 e.